The molecule has 346 valence electrons. The number of benzene rings is 5. The molecule has 6 rings (SSSR count). The highest BCUT2D eigenvalue weighted by atomic mass is 16.5. The van der Waals surface area contributed by atoms with Crippen LogP contribution in [0.25, 0.3) is 0 Å². The molecule has 0 N–H and O–H groups in total. The monoisotopic (exact) mass is 898 g/mol. The van der Waals surface area contributed by atoms with Gasteiger partial charge in [0, 0.05) is 49.9 Å². The van der Waals surface area contributed by atoms with Crippen molar-refractivity contribution in [3.8, 4) is 29.4 Å². The maximum absolute atomic E-state index is 13.4. The van der Waals surface area contributed by atoms with Gasteiger partial charge in [-0.15, -0.1) is 0 Å². The van der Waals surface area contributed by atoms with Gasteiger partial charge in [-0.25, -0.2) is 4.79 Å². The first kappa shape index (κ1) is 49.2. The number of aliphatic imine (C=N–C) groups is 2. The van der Waals surface area contributed by atoms with Gasteiger partial charge < -0.3 is 24.0 Å². The average molecular weight is 899 g/mol. The van der Waals surface area contributed by atoms with Crippen molar-refractivity contribution in [1.82, 2.24) is 4.90 Å². The number of carbonyl (C=O) groups is 2. The summed E-state index contributed by atoms with van der Waals surface area (Å²) < 4.78 is 17.4. The summed E-state index contributed by atoms with van der Waals surface area (Å²) in [4.78, 5) is 39.6. The largest absolute Gasteiger partial charge is 0.492 e. The fourth-order valence-corrected chi connectivity index (χ4v) is 7.71. The summed E-state index contributed by atoms with van der Waals surface area (Å²) in [7, 11) is 0. The van der Waals surface area contributed by atoms with Crippen LogP contribution in [0.5, 0.6) is 17.2 Å². The Balaban J connectivity index is 0.915. The number of ether oxygens (including phenoxy) is 3. The minimum absolute atomic E-state index is 0.0236. The predicted octanol–water partition coefficient (Wildman–Crippen LogP) is 12.6. The fraction of sp³-hybridized carbons (Fsp3) is 0.357. The van der Waals surface area contributed by atoms with Crippen LogP contribution in [0.2, 0.25) is 0 Å². The number of carbonyl (C=O) groups excluding carboxylic acids is 2. The van der Waals surface area contributed by atoms with E-state index in [2.05, 4.69) is 40.9 Å². The molecule has 67 heavy (non-hydrogen) atoms. The fourth-order valence-electron chi connectivity index (χ4n) is 7.71. The van der Waals surface area contributed by atoms with Gasteiger partial charge in [0.05, 0.1) is 41.3 Å². The lowest BCUT2D eigenvalue weighted by molar-refractivity contribution is 0.0731. The van der Waals surface area contributed by atoms with Gasteiger partial charge in [-0.3, -0.25) is 14.8 Å². The van der Waals surface area contributed by atoms with E-state index in [1.165, 1.54) is 51.4 Å². The molecule has 0 unspecified atom stereocenters. The standard InChI is InChI=1S/C56H62N6O5/c1-3-5-7-9-11-13-35-65-53-29-23-49(37-47(53)39-57)59-41-43-15-19-45(20-16-43)55(63)62-33-31-61(32-34-62)51-25-27-52(28-26-51)67-56(64)46-21-17-44(18-22-46)42-60-50-24-30-54(48(38-50)40-58)66-36-14-12-10-8-6-4-2/h15-30,37-38,41-42H,3-14,31-36H2,1-2H3. The Morgan fingerprint density at radius 1 is 0.567 bits per heavy atom. The van der Waals surface area contributed by atoms with Gasteiger partial charge >= 0.3 is 5.97 Å². The van der Waals surface area contributed by atoms with Gasteiger partial charge in [0.2, 0.25) is 0 Å². The van der Waals surface area contributed by atoms with Crippen molar-refractivity contribution in [1.29, 1.82) is 10.5 Å². The van der Waals surface area contributed by atoms with Crippen LogP contribution in [-0.2, 0) is 0 Å². The molecule has 0 radical (unpaired) electrons. The molecule has 1 saturated heterocycles. The number of nitriles is 2. The van der Waals surface area contributed by atoms with E-state index < -0.39 is 5.97 Å². The van der Waals surface area contributed by atoms with E-state index in [4.69, 9.17) is 14.2 Å². The zero-order valence-electron chi connectivity index (χ0n) is 39.0. The summed E-state index contributed by atoms with van der Waals surface area (Å²) in [5.74, 6) is 1.09. The molecule has 11 heteroatoms. The summed E-state index contributed by atoms with van der Waals surface area (Å²) >= 11 is 0. The van der Waals surface area contributed by atoms with E-state index in [0.717, 1.165) is 42.5 Å². The van der Waals surface area contributed by atoms with Crippen LogP contribution in [0.3, 0.4) is 0 Å². The van der Waals surface area contributed by atoms with E-state index >= 15 is 0 Å². The Morgan fingerprint density at radius 2 is 1.03 bits per heavy atom. The van der Waals surface area contributed by atoms with E-state index in [-0.39, 0.29) is 5.91 Å². The quantitative estimate of drug-likeness (QED) is 0.0258. The highest BCUT2D eigenvalue weighted by Crippen LogP contribution is 2.27. The zero-order valence-corrected chi connectivity index (χ0v) is 39.0. The van der Waals surface area contributed by atoms with Crippen LogP contribution in [0.15, 0.2) is 119 Å². The first-order valence-corrected chi connectivity index (χ1v) is 23.9. The number of piperazine rings is 1. The summed E-state index contributed by atoms with van der Waals surface area (Å²) in [6.45, 7) is 8.07. The van der Waals surface area contributed by atoms with Gasteiger partial charge in [-0.2, -0.15) is 10.5 Å². The number of esters is 1. The van der Waals surface area contributed by atoms with E-state index in [9.17, 15) is 20.1 Å². The Hall–Kier alpha value is -7.24. The van der Waals surface area contributed by atoms with Crippen molar-refractivity contribution in [3.05, 3.63) is 143 Å². The number of amides is 1. The van der Waals surface area contributed by atoms with Crippen molar-refractivity contribution in [2.75, 3.05) is 44.3 Å². The summed E-state index contributed by atoms with van der Waals surface area (Å²) in [6, 6.07) is 36.9. The second kappa shape index (κ2) is 26.7. The van der Waals surface area contributed by atoms with Crippen molar-refractivity contribution >= 4 is 41.4 Å². The lowest BCUT2D eigenvalue weighted by atomic mass is 10.1. The molecule has 1 aliphatic rings. The molecule has 0 atom stereocenters. The smallest absolute Gasteiger partial charge is 0.343 e. The average Bonchev–Trinajstić information content (AvgIpc) is 3.37. The molecule has 1 heterocycles. The minimum Gasteiger partial charge on any atom is -0.492 e. The number of anilines is 1. The van der Waals surface area contributed by atoms with E-state index in [1.807, 2.05) is 53.4 Å². The van der Waals surface area contributed by atoms with Gasteiger partial charge in [0.1, 0.15) is 29.4 Å². The van der Waals surface area contributed by atoms with Gasteiger partial charge in [0.15, 0.2) is 0 Å². The van der Waals surface area contributed by atoms with Gasteiger partial charge in [-0.1, -0.05) is 102 Å². The molecule has 1 fully saturated rings. The zero-order chi connectivity index (χ0) is 47.1. The molecule has 0 saturated carbocycles. The second-order valence-electron chi connectivity index (χ2n) is 16.7. The normalized spacial score (nSPS) is 12.5. The molecule has 1 aliphatic heterocycles. The Morgan fingerprint density at radius 3 is 1.51 bits per heavy atom. The highest BCUT2D eigenvalue weighted by Gasteiger charge is 2.23. The third-order valence-electron chi connectivity index (χ3n) is 11.7. The lowest BCUT2D eigenvalue weighted by Crippen LogP contribution is -2.48. The highest BCUT2D eigenvalue weighted by molar-refractivity contribution is 5.95. The molecule has 0 aromatic heterocycles. The third kappa shape index (κ3) is 15.4. The Labute approximate surface area is 396 Å². The number of hydrogen-bond acceptors (Lipinski definition) is 10. The molecule has 5 aromatic carbocycles. The van der Waals surface area contributed by atoms with Crippen LogP contribution in [0.4, 0.5) is 17.1 Å². The number of nitrogens with zero attached hydrogens (tertiary/aromatic N) is 6. The van der Waals surface area contributed by atoms with Gasteiger partial charge in [0.25, 0.3) is 5.91 Å². The first-order chi connectivity index (χ1) is 32.9. The molecule has 1 amide bonds. The SMILES string of the molecule is CCCCCCCCOc1ccc(N=Cc2ccc(C(=O)Oc3ccc(N4CCN(C(=O)c5ccc(C=Nc6ccc(OCCCCCCCC)c(C#N)c6)cc5)CC4)cc3)cc2)cc1C#N. The van der Waals surface area contributed by atoms with Crippen molar-refractivity contribution in [2.45, 2.75) is 90.9 Å². The molecular weight excluding hydrogens is 837 g/mol. The van der Waals surface area contributed by atoms with Crippen LogP contribution in [0.1, 0.15) is 134 Å². The predicted molar refractivity (Wildman–Crippen MR) is 267 cm³/mol. The van der Waals surface area contributed by atoms with Crippen LogP contribution < -0.4 is 19.1 Å². The summed E-state index contributed by atoms with van der Waals surface area (Å²) in [5.41, 5.74) is 5.83. The van der Waals surface area contributed by atoms with Crippen LogP contribution in [-0.4, -0.2) is 68.6 Å². The second-order valence-corrected chi connectivity index (χ2v) is 16.7. The third-order valence-corrected chi connectivity index (χ3v) is 11.7. The maximum atomic E-state index is 13.4. The van der Waals surface area contributed by atoms with Crippen LogP contribution >= 0.6 is 0 Å². The molecule has 11 nitrogen and oxygen atoms in total. The number of hydrogen-bond donors (Lipinski definition) is 0. The maximum Gasteiger partial charge on any atom is 0.343 e. The number of unbranched alkanes of at least 4 members (excludes halogenated alkanes) is 10. The van der Waals surface area contributed by atoms with Crippen molar-refractivity contribution < 1.29 is 23.8 Å². The summed E-state index contributed by atoms with van der Waals surface area (Å²) in [5, 5.41) is 19.4. The first-order valence-electron chi connectivity index (χ1n) is 23.9. The molecule has 0 spiro atoms. The Bertz CT molecular complexity index is 2500. The lowest BCUT2D eigenvalue weighted by Gasteiger charge is -2.36. The summed E-state index contributed by atoms with van der Waals surface area (Å²) in [6.07, 6.45) is 17.5. The molecular formula is C56H62N6O5. The number of rotatable bonds is 24. The topological polar surface area (TPSA) is 141 Å². The molecule has 5 aromatic rings. The molecule has 0 aliphatic carbocycles. The van der Waals surface area contributed by atoms with E-state index in [1.54, 1.807) is 73.1 Å². The minimum atomic E-state index is -0.470. The van der Waals surface area contributed by atoms with Gasteiger partial charge in [-0.05, 0) is 109 Å². The Kier molecular flexibility index (Phi) is 19.6. The van der Waals surface area contributed by atoms with Crippen LogP contribution in [0, 0.1) is 22.7 Å². The van der Waals surface area contributed by atoms with Crippen molar-refractivity contribution in [3.63, 3.8) is 0 Å². The van der Waals surface area contributed by atoms with E-state index in [0.29, 0.717) is 90.3 Å². The van der Waals surface area contributed by atoms with Crippen molar-refractivity contribution in [2.24, 2.45) is 9.98 Å². The molecule has 0 bridgehead atoms.